The highest BCUT2D eigenvalue weighted by Crippen LogP contribution is 2.30. The summed E-state index contributed by atoms with van der Waals surface area (Å²) in [5.74, 6) is -0.184. The number of ether oxygens (including phenoxy) is 1. The molecule has 1 amide bonds. The monoisotopic (exact) mass is 229 g/mol. The number of carboxylic acid groups (broad SMARTS) is 1. The van der Waals surface area contributed by atoms with Crippen LogP contribution < -0.4 is 5.32 Å². The summed E-state index contributed by atoms with van der Waals surface area (Å²) in [5.41, 5.74) is 0. The van der Waals surface area contributed by atoms with E-state index in [1.165, 1.54) is 0 Å². The molecule has 0 aromatic heterocycles. The summed E-state index contributed by atoms with van der Waals surface area (Å²) in [5, 5.41) is 11.2. The lowest BCUT2D eigenvalue weighted by atomic mass is 9.98. The van der Waals surface area contributed by atoms with Gasteiger partial charge in [0, 0.05) is 6.04 Å². The first-order valence-corrected chi connectivity index (χ1v) is 5.59. The molecular weight excluding hydrogens is 210 g/mol. The number of carbonyl (C=O) groups excluding carboxylic acids is 1. The fourth-order valence-electron chi connectivity index (χ4n) is 2.05. The Morgan fingerprint density at radius 3 is 2.50 bits per heavy atom. The van der Waals surface area contributed by atoms with Gasteiger partial charge in [0.05, 0.1) is 0 Å². The lowest BCUT2D eigenvalue weighted by molar-refractivity contribution is -0.143. The third kappa shape index (κ3) is 3.81. The number of carboxylic acids is 1. The maximum absolute atomic E-state index is 11.4. The van der Waals surface area contributed by atoms with Crippen molar-refractivity contribution in [3.05, 3.63) is 0 Å². The van der Waals surface area contributed by atoms with Crippen LogP contribution >= 0.6 is 0 Å². The van der Waals surface area contributed by atoms with E-state index < -0.39 is 12.6 Å². The van der Waals surface area contributed by atoms with Crippen molar-refractivity contribution in [1.82, 2.24) is 5.32 Å². The Balaban J connectivity index is 2.21. The number of hydrogen-bond donors (Lipinski definition) is 2. The lowest BCUT2D eigenvalue weighted by Crippen LogP contribution is -2.39. The minimum Gasteiger partial charge on any atom is -0.480 e. The van der Waals surface area contributed by atoms with E-state index >= 15 is 0 Å². The molecule has 0 radical (unpaired) electrons. The molecule has 5 heteroatoms. The predicted octanol–water partition coefficient (Wildman–Crippen LogP) is 0.638. The molecule has 1 saturated carbocycles. The summed E-state index contributed by atoms with van der Waals surface area (Å²) >= 11 is 0. The minimum atomic E-state index is -1.06. The Labute approximate surface area is 95.2 Å². The van der Waals surface area contributed by atoms with Gasteiger partial charge in [0.15, 0.2) is 0 Å². The number of aliphatic carboxylic acids is 1. The van der Waals surface area contributed by atoms with Gasteiger partial charge >= 0.3 is 5.97 Å². The van der Waals surface area contributed by atoms with Crippen LogP contribution in [-0.2, 0) is 14.3 Å². The molecule has 0 heterocycles. The molecule has 0 aliphatic heterocycles. The molecule has 0 spiro atoms. The van der Waals surface area contributed by atoms with E-state index in [4.69, 9.17) is 9.84 Å². The van der Waals surface area contributed by atoms with Crippen LogP contribution in [0.2, 0.25) is 0 Å². The molecule has 5 nitrogen and oxygen atoms in total. The van der Waals surface area contributed by atoms with Crippen molar-refractivity contribution in [2.75, 3.05) is 13.2 Å². The van der Waals surface area contributed by atoms with Gasteiger partial charge in [-0.15, -0.1) is 0 Å². The zero-order chi connectivity index (χ0) is 12.1. The van der Waals surface area contributed by atoms with Gasteiger partial charge < -0.3 is 15.2 Å². The van der Waals surface area contributed by atoms with Gasteiger partial charge in [0.25, 0.3) is 0 Å². The molecule has 0 aromatic rings. The fraction of sp³-hybridized carbons (Fsp3) is 0.818. The number of hydrogen-bond acceptors (Lipinski definition) is 3. The molecule has 1 rings (SSSR count). The Bertz CT molecular complexity index is 267. The van der Waals surface area contributed by atoms with Gasteiger partial charge in [-0.2, -0.15) is 0 Å². The third-order valence-corrected chi connectivity index (χ3v) is 3.27. The Morgan fingerprint density at radius 1 is 1.31 bits per heavy atom. The molecule has 3 atom stereocenters. The molecule has 0 bridgehead atoms. The summed E-state index contributed by atoms with van der Waals surface area (Å²) in [6.07, 6.45) is 2.12. The molecule has 1 aliphatic carbocycles. The smallest absolute Gasteiger partial charge is 0.329 e. The first kappa shape index (κ1) is 13.0. The molecule has 0 aromatic carbocycles. The Kier molecular flexibility index (Phi) is 4.73. The van der Waals surface area contributed by atoms with Gasteiger partial charge in [0.1, 0.15) is 13.2 Å². The fourth-order valence-corrected chi connectivity index (χ4v) is 2.05. The van der Waals surface area contributed by atoms with Crippen molar-refractivity contribution < 1.29 is 19.4 Å². The van der Waals surface area contributed by atoms with Crippen molar-refractivity contribution >= 4 is 11.9 Å². The second-order valence-electron chi connectivity index (χ2n) is 4.47. The molecule has 16 heavy (non-hydrogen) atoms. The summed E-state index contributed by atoms with van der Waals surface area (Å²) < 4.78 is 4.72. The first-order chi connectivity index (χ1) is 7.50. The summed E-state index contributed by atoms with van der Waals surface area (Å²) in [4.78, 5) is 21.6. The van der Waals surface area contributed by atoms with Gasteiger partial charge in [-0.05, 0) is 24.7 Å². The summed E-state index contributed by atoms with van der Waals surface area (Å²) in [7, 11) is 0. The maximum atomic E-state index is 11.4. The highest BCUT2D eigenvalue weighted by atomic mass is 16.5. The standard InChI is InChI=1S/C11H19NO4/c1-7-3-4-9(8(7)2)12-10(13)5-16-6-11(14)15/h7-9H,3-6H2,1-2H3,(H,12,13)(H,14,15). The highest BCUT2D eigenvalue weighted by Gasteiger charge is 2.30. The Hall–Kier alpha value is -1.10. The van der Waals surface area contributed by atoms with Crippen LogP contribution in [0.4, 0.5) is 0 Å². The molecular formula is C11H19NO4. The average molecular weight is 229 g/mol. The van der Waals surface area contributed by atoms with Gasteiger partial charge in [-0.1, -0.05) is 13.8 Å². The molecule has 3 unspecified atom stereocenters. The van der Waals surface area contributed by atoms with E-state index in [1.54, 1.807) is 0 Å². The molecule has 92 valence electrons. The van der Waals surface area contributed by atoms with E-state index in [0.29, 0.717) is 11.8 Å². The van der Waals surface area contributed by atoms with Crippen molar-refractivity contribution in [3.8, 4) is 0 Å². The zero-order valence-electron chi connectivity index (χ0n) is 9.73. The van der Waals surface area contributed by atoms with Gasteiger partial charge in [-0.3, -0.25) is 4.79 Å². The van der Waals surface area contributed by atoms with Crippen LogP contribution in [0, 0.1) is 11.8 Å². The third-order valence-electron chi connectivity index (χ3n) is 3.27. The number of carbonyl (C=O) groups is 2. The second kappa shape index (κ2) is 5.84. The van der Waals surface area contributed by atoms with Crippen LogP contribution in [0.15, 0.2) is 0 Å². The predicted molar refractivity (Wildman–Crippen MR) is 57.9 cm³/mol. The van der Waals surface area contributed by atoms with Crippen LogP contribution in [0.1, 0.15) is 26.7 Å². The SMILES string of the molecule is CC1CCC(NC(=O)COCC(=O)O)C1C. The minimum absolute atomic E-state index is 0.177. The first-order valence-electron chi connectivity index (χ1n) is 5.59. The molecule has 0 saturated heterocycles. The Morgan fingerprint density at radius 2 is 2.00 bits per heavy atom. The maximum Gasteiger partial charge on any atom is 0.329 e. The summed E-state index contributed by atoms with van der Waals surface area (Å²) in [6.45, 7) is 3.70. The lowest BCUT2D eigenvalue weighted by Gasteiger charge is -2.19. The normalized spacial score (nSPS) is 29.0. The highest BCUT2D eigenvalue weighted by molar-refractivity contribution is 5.78. The number of rotatable bonds is 5. The van der Waals surface area contributed by atoms with Crippen molar-refractivity contribution in [2.24, 2.45) is 11.8 Å². The molecule has 1 aliphatic rings. The van der Waals surface area contributed by atoms with E-state index in [9.17, 15) is 9.59 Å². The average Bonchev–Trinajstić information content (AvgIpc) is 2.49. The van der Waals surface area contributed by atoms with Crippen LogP contribution in [0.5, 0.6) is 0 Å². The second-order valence-corrected chi connectivity index (χ2v) is 4.47. The van der Waals surface area contributed by atoms with Crippen LogP contribution in [0.3, 0.4) is 0 Å². The number of nitrogens with one attached hydrogen (secondary N) is 1. The van der Waals surface area contributed by atoms with E-state index in [2.05, 4.69) is 19.2 Å². The summed E-state index contributed by atoms with van der Waals surface area (Å²) in [6, 6.07) is 0.205. The topological polar surface area (TPSA) is 75.6 Å². The van der Waals surface area contributed by atoms with Crippen LogP contribution in [0.25, 0.3) is 0 Å². The van der Waals surface area contributed by atoms with Crippen LogP contribution in [-0.4, -0.2) is 36.2 Å². The van der Waals surface area contributed by atoms with Crippen molar-refractivity contribution in [2.45, 2.75) is 32.7 Å². The van der Waals surface area contributed by atoms with Crippen molar-refractivity contribution in [3.63, 3.8) is 0 Å². The zero-order valence-corrected chi connectivity index (χ0v) is 9.73. The number of amides is 1. The molecule has 2 N–H and O–H groups in total. The van der Waals surface area contributed by atoms with Gasteiger partial charge in [0.2, 0.25) is 5.91 Å². The van der Waals surface area contributed by atoms with E-state index in [1.807, 2.05) is 0 Å². The van der Waals surface area contributed by atoms with Gasteiger partial charge in [-0.25, -0.2) is 4.79 Å². The van der Waals surface area contributed by atoms with Crippen molar-refractivity contribution in [1.29, 1.82) is 0 Å². The molecule has 1 fully saturated rings. The van der Waals surface area contributed by atoms with E-state index in [0.717, 1.165) is 12.8 Å². The quantitative estimate of drug-likeness (QED) is 0.725. The van der Waals surface area contributed by atoms with E-state index in [-0.39, 0.29) is 18.6 Å². The largest absolute Gasteiger partial charge is 0.480 e.